The van der Waals surface area contributed by atoms with E-state index in [4.69, 9.17) is 23.8 Å². The average molecular weight is 380 g/mol. The molecule has 0 fully saturated rings. The molecule has 1 N–H and O–H groups in total. The van der Waals surface area contributed by atoms with Crippen LogP contribution in [-0.2, 0) is 0 Å². The molecule has 134 valence electrons. The van der Waals surface area contributed by atoms with Crippen molar-refractivity contribution in [2.24, 2.45) is 5.92 Å². The van der Waals surface area contributed by atoms with Crippen LogP contribution in [0.5, 0.6) is 0 Å². The van der Waals surface area contributed by atoms with Crippen LogP contribution < -0.4 is 5.32 Å². The fraction of sp³-hybridized carbons (Fsp3) is 0.368. The van der Waals surface area contributed by atoms with Crippen molar-refractivity contribution in [3.05, 3.63) is 59.1 Å². The predicted octanol–water partition coefficient (Wildman–Crippen LogP) is 5.68. The standard InChI is InChI=1S/C19H23ClFN3S/c1-13(2)9-11-24(14(3)18-6-4-5-10-22-18)19(25)23-15-7-8-17(21)16(20)12-15/h4-8,10,12-14H,9,11H2,1-3H3,(H,23,25)/t14-/m1/s1. The normalized spacial score (nSPS) is 12.1. The van der Waals surface area contributed by atoms with Crippen molar-refractivity contribution in [1.82, 2.24) is 9.88 Å². The number of hydrogen-bond acceptors (Lipinski definition) is 2. The summed E-state index contributed by atoms with van der Waals surface area (Å²) in [5.74, 6) is 0.109. The molecule has 0 saturated carbocycles. The zero-order valence-electron chi connectivity index (χ0n) is 14.7. The van der Waals surface area contributed by atoms with Gasteiger partial charge in [-0.1, -0.05) is 31.5 Å². The zero-order chi connectivity index (χ0) is 18.4. The molecule has 0 radical (unpaired) electrons. The van der Waals surface area contributed by atoms with Crippen LogP contribution in [0.4, 0.5) is 10.1 Å². The maximum absolute atomic E-state index is 13.3. The van der Waals surface area contributed by atoms with Gasteiger partial charge in [-0.25, -0.2) is 4.39 Å². The van der Waals surface area contributed by atoms with Crippen LogP contribution >= 0.6 is 23.8 Å². The topological polar surface area (TPSA) is 28.2 Å². The summed E-state index contributed by atoms with van der Waals surface area (Å²) in [7, 11) is 0. The first-order valence-corrected chi connectivity index (χ1v) is 9.10. The lowest BCUT2D eigenvalue weighted by molar-refractivity contribution is 0.313. The van der Waals surface area contributed by atoms with E-state index in [2.05, 4.69) is 36.0 Å². The quantitative estimate of drug-likeness (QED) is 0.653. The fourth-order valence-electron chi connectivity index (χ4n) is 2.42. The van der Waals surface area contributed by atoms with Crippen LogP contribution in [0.2, 0.25) is 5.02 Å². The lowest BCUT2D eigenvalue weighted by atomic mass is 10.1. The smallest absolute Gasteiger partial charge is 0.173 e. The van der Waals surface area contributed by atoms with Gasteiger partial charge in [-0.15, -0.1) is 0 Å². The van der Waals surface area contributed by atoms with Gasteiger partial charge in [0.25, 0.3) is 0 Å². The summed E-state index contributed by atoms with van der Waals surface area (Å²) in [5.41, 5.74) is 1.62. The van der Waals surface area contributed by atoms with E-state index in [9.17, 15) is 4.39 Å². The Bertz CT molecular complexity index is 709. The third-order valence-corrected chi connectivity index (χ3v) is 4.59. The molecule has 2 aromatic rings. The number of anilines is 1. The Hall–Kier alpha value is -1.72. The van der Waals surface area contributed by atoms with Gasteiger partial charge in [-0.3, -0.25) is 4.98 Å². The highest BCUT2D eigenvalue weighted by molar-refractivity contribution is 7.80. The van der Waals surface area contributed by atoms with Gasteiger partial charge in [0.1, 0.15) is 5.82 Å². The summed E-state index contributed by atoms with van der Waals surface area (Å²) < 4.78 is 13.3. The van der Waals surface area contributed by atoms with E-state index < -0.39 is 5.82 Å². The van der Waals surface area contributed by atoms with Crippen LogP contribution in [0.3, 0.4) is 0 Å². The first kappa shape index (κ1) is 19.6. The maximum Gasteiger partial charge on any atom is 0.173 e. The highest BCUT2D eigenvalue weighted by Crippen LogP contribution is 2.23. The number of hydrogen-bond donors (Lipinski definition) is 1. The van der Waals surface area contributed by atoms with E-state index >= 15 is 0 Å². The van der Waals surface area contributed by atoms with Crippen LogP contribution in [0.25, 0.3) is 0 Å². The Morgan fingerprint density at radius 3 is 2.64 bits per heavy atom. The predicted molar refractivity (Wildman–Crippen MR) is 106 cm³/mol. The van der Waals surface area contributed by atoms with Gasteiger partial charge in [-0.05, 0) is 61.8 Å². The minimum absolute atomic E-state index is 0.0240. The fourth-order valence-corrected chi connectivity index (χ4v) is 2.97. The second-order valence-electron chi connectivity index (χ2n) is 6.37. The van der Waals surface area contributed by atoms with Crippen molar-refractivity contribution < 1.29 is 4.39 Å². The highest BCUT2D eigenvalue weighted by Gasteiger charge is 2.20. The van der Waals surface area contributed by atoms with Crippen LogP contribution in [-0.4, -0.2) is 21.5 Å². The molecule has 0 bridgehead atoms. The Morgan fingerprint density at radius 2 is 2.04 bits per heavy atom. The Labute approximate surface area is 159 Å². The molecule has 0 saturated heterocycles. The molecule has 0 spiro atoms. The summed E-state index contributed by atoms with van der Waals surface area (Å²) in [6.07, 6.45) is 2.78. The van der Waals surface area contributed by atoms with Crippen molar-refractivity contribution in [2.45, 2.75) is 33.2 Å². The second kappa shape index (κ2) is 9.11. The molecule has 0 aliphatic heterocycles. The van der Waals surface area contributed by atoms with Crippen molar-refractivity contribution in [2.75, 3.05) is 11.9 Å². The van der Waals surface area contributed by atoms with Crippen LogP contribution in [0.15, 0.2) is 42.6 Å². The molecule has 3 nitrogen and oxygen atoms in total. The molecular weight excluding hydrogens is 357 g/mol. The number of halogens is 2. The monoisotopic (exact) mass is 379 g/mol. The number of pyridine rings is 1. The molecule has 0 aliphatic rings. The summed E-state index contributed by atoms with van der Waals surface area (Å²) in [6.45, 7) is 7.24. The largest absolute Gasteiger partial charge is 0.341 e. The van der Waals surface area contributed by atoms with Crippen molar-refractivity contribution in [3.8, 4) is 0 Å². The van der Waals surface area contributed by atoms with E-state index in [1.54, 1.807) is 12.3 Å². The molecule has 0 unspecified atom stereocenters. The molecule has 1 heterocycles. The highest BCUT2D eigenvalue weighted by atomic mass is 35.5. The first-order valence-electron chi connectivity index (χ1n) is 8.32. The summed E-state index contributed by atoms with van der Waals surface area (Å²) in [4.78, 5) is 6.55. The Balaban J connectivity index is 2.18. The molecule has 1 aromatic heterocycles. The van der Waals surface area contributed by atoms with Crippen LogP contribution in [0, 0.1) is 11.7 Å². The van der Waals surface area contributed by atoms with Gasteiger partial charge in [0.2, 0.25) is 0 Å². The average Bonchev–Trinajstić information content (AvgIpc) is 2.58. The SMILES string of the molecule is CC(C)CCN(C(=S)Nc1ccc(F)c(Cl)c1)[C@H](C)c1ccccn1. The minimum Gasteiger partial charge on any atom is -0.341 e. The third-order valence-electron chi connectivity index (χ3n) is 3.96. The van der Waals surface area contributed by atoms with Crippen molar-refractivity contribution in [1.29, 1.82) is 0 Å². The summed E-state index contributed by atoms with van der Waals surface area (Å²) in [5, 5.41) is 3.80. The molecule has 1 aromatic carbocycles. The van der Waals surface area contributed by atoms with E-state index in [0.29, 0.717) is 16.7 Å². The van der Waals surface area contributed by atoms with Gasteiger partial charge in [-0.2, -0.15) is 0 Å². The van der Waals surface area contributed by atoms with Gasteiger partial charge in [0, 0.05) is 18.4 Å². The zero-order valence-corrected chi connectivity index (χ0v) is 16.2. The lowest BCUT2D eigenvalue weighted by Gasteiger charge is -2.32. The van der Waals surface area contributed by atoms with E-state index in [1.165, 1.54) is 12.1 Å². The molecule has 0 aliphatic carbocycles. The Kier molecular flexibility index (Phi) is 7.14. The van der Waals surface area contributed by atoms with Crippen molar-refractivity contribution >= 4 is 34.6 Å². The second-order valence-corrected chi connectivity index (χ2v) is 7.16. The maximum atomic E-state index is 13.3. The number of benzene rings is 1. The van der Waals surface area contributed by atoms with Gasteiger partial charge < -0.3 is 10.2 Å². The van der Waals surface area contributed by atoms with Gasteiger partial charge >= 0.3 is 0 Å². The molecular formula is C19H23ClFN3S. The summed E-state index contributed by atoms with van der Waals surface area (Å²) >= 11 is 11.5. The number of rotatable bonds is 6. The lowest BCUT2D eigenvalue weighted by Crippen LogP contribution is -2.38. The van der Waals surface area contributed by atoms with Crippen molar-refractivity contribution in [3.63, 3.8) is 0 Å². The number of nitrogens with one attached hydrogen (secondary N) is 1. The van der Waals surface area contributed by atoms with Crippen LogP contribution in [0.1, 0.15) is 38.9 Å². The Morgan fingerprint density at radius 1 is 1.28 bits per heavy atom. The van der Waals surface area contributed by atoms with Gasteiger partial charge in [0.05, 0.1) is 16.8 Å². The number of thiocarbonyl (C=S) groups is 1. The number of nitrogens with zero attached hydrogens (tertiary/aromatic N) is 2. The molecule has 2 rings (SSSR count). The van der Waals surface area contributed by atoms with E-state index in [0.717, 1.165) is 18.7 Å². The molecule has 6 heteroatoms. The van der Waals surface area contributed by atoms with Gasteiger partial charge in [0.15, 0.2) is 5.11 Å². The van der Waals surface area contributed by atoms with E-state index in [1.807, 2.05) is 18.2 Å². The molecule has 1 atom stereocenters. The first-order chi connectivity index (χ1) is 11.9. The summed E-state index contributed by atoms with van der Waals surface area (Å²) in [6, 6.07) is 10.4. The number of aromatic nitrogens is 1. The third kappa shape index (κ3) is 5.65. The molecule has 0 amide bonds. The minimum atomic E-state index is -0.448. The molecule has 25 heavy (non-hydrogen) atoms. The van der Waals surface area contributed by atoms with E-state index in [-0.39, 0.29) is 11.1 Å².